The number of esters is 1. The van der Waals surface area contributed by atoms with Crippen LogP contribution in [0.3, 0.4) is 0 Å². The summed E-state index contributed by atoms with van der Waals surface area (Å²) in [5.41, 5.74) is 1.30. The summed E-state index contributed by atoms with van der Waals surface area (Å²) in [6, 6.07) is 10.6. The highest BCUT2D eigenvalue weighted by molar-refractivity contribution is 7.89. The van der Waals surface area contributed by atoms with Crippen molar-refractivity contribution in [3.63, 3.8) is 0 Å². The molecule has 1 saturated heterocycles. The first-order chi connectivity index (χ1) is 15.8. The van der Waals surface area contributed by atoms with Crippen LogP contribution in [0.2, 0.25) is 5.02 Å². The number of sulfonamides is 1. The molecule has 1 aliphatic rings. The van der Waals surface area contributed by atoms with Crippen molar-refractivity contribution in [2.24, 2.45) is 5.16 Å². The fourth-order valence-corrected chi connectivity index (χ4v) is 4.83. The number of hydrogen-bond donors (Lipinski definition) is 1. The topological polar surface area (TPSA) is 124 Å². The molecule has 1 fully saturated rings. The van der Waals surface area contributed by atoms with Crippen molar-refractivity contribution in [1.82, 2.24) is 4.31 Å². The van der Waals surface area contributed by atoms with Crippen LogP contribution in [0.15, 0.2) is 52.5 Å². The van der Waals surface area contributed by atoms with Gasteiger partial charge in [-0.1, -0.05) is 28.9 Å². The Bertz CT molecular complexity index is 1130. The second-order valence-electron chi connectivity index (χ2n) is 6.83. The van der Waals surface area contributed by atoms with Crippen molar-refractivity contribution in [3.05, 3.63) is 58.6 Å². The van der Waals surface area contributed by atoms with Crippen LogP contribution < -0.4 is 5.32 Å². The molecule has 33 heavy (non-hydrogen) atoms. The number of ether oxygens (including phenoxy) is 2. The van der Waals surface area contributed by atoms with Gasteiger partial charge in [0.05, 0.1) is 37.1 Å². The number of anilines is 1. The third-order valence-corrected chi connectivity index (χ3v) is 6.99. The summed E-state index contributed by atoms with van der Waals surface area (Å²) in [6.45, 7) is 0.672. The predicted molar refractivity (Wildman–Crippen MR) is 121 cm³/mol. The van der Waals surface area contributed by atoms with Crippen molar-refractivity contribution >= 4 is 45.4 Å². The van der Waals surface area contributed by atoms with E-state index in [9.17, 15) is 18.0 Å². The number of benzene rings is 2. The summed E-state index contributed by atoms with van der Waals surface area (Å²) in [6.07, 6.45) is 1.38. The van der Waals surface area contributed by atoms with Gasteiger partial charge in [0.2, 0.25) is 10.0 Å². The van der Waals surface area contributed by atoms with E-state index in [0.29, 0.717) is 24.3 Å². The van der Waals surface area contributed by atoms with Crippen LogP contribution in [-0.4, -0.2) is 70.8 Å². The first-order valence-corrected chi connectivity index (χ1v) is 11.6. The minimum Gasteiger partial charge on any atom is -0.465 e. The van der Waals surface area contributed by atoms with Gasteiger partial charge in [-0.05, 0) is 35.9 Å². The number of carbonyl (C=O) groups excluding carboxylic acids is 2. The molecule has 2 aromatic rings. The molecule has 0 bridgehead atoms. The Hall–Kier alpha value is -2.99. The van der Waals surface area contributed by atoms with E-state index < -0.39 is 28.5 Å². The van der Waals surface area contributed by atoms with E-state index in [1.807, 2.05) is 0 Å². The highest BCUT2D eigenvalue weighted by Gasteiger charge is 2.28. The Labute approximate surface area is 196 Å². The number of methoxy groups -OCH3 is 1. The molecular formula is C21H22ClN3O7S. The number of morpholine rings is 1. The molecule has 2 aromatic carbocycles. The third-order valence-electron chi connectivity index (χ3n) is 4.61. The second-order valence-corrected chi connectivity index (χ2v) is 9.14. The molecule has 0 aliphatic carbocycles. The van der Waals surface area contributed by atoms with E-state index in [-0.39, 0.29) is 28.7 Å². The number of rotatable bonds is 8. The smallest absolute Gasteiger partial charge is 0.337 e. The number of amides is 1. The van der Waals surface area contributed by atoms with Crippen LogP contribution in [-0.2, 0) is 29.1 Å². The molecule has 1 N–H and O–H groups in total. The van der Waals surface area contributed by atoms with Gasteiger partial charge in [0.15, 0.2) is 6.61 Å². The third kappa shape index (κ3) is 6.51. The number of hydrogen-bond acceptors (Lipinski definition) is 8. The number of nitrogens with zero attached hydrogens (tertiary/aromatic N) is 2. The quantitative estimate of drug-likeness (QED) is 0.338. The molecule has 0 atom stereocenters. The summed E-state index contributed by atoms with van der Waals surface area (Å²) in [5.74, 6) is -0.986. The van der Waals surface area contributed by atoms with Crippen LogP contribution in [0.25, 0.3) is 0 Å². The standard InChI is InChI=1S/C21H22ClN3O7S/c1-30-21(27)16-4-2-15(3-5-16)13-23-32-14-20(26)24-17-6-7-18(22)19(12-17)33(28,29)25-8-10-31-11-9-25/h2-7,12-13H,8-11,14H2,1H3,(H,24,26)/b23-13+. The van der Waals surface area contributed by atoms with Gasteiger partial charge in [-0.15, -0.1) is 0 Å². The van der Waals surface area contributed by atoms with Crippen LogP contribution >= 0.6 is 11.6 Å². The number of halogens is 1. The maximum Gasteiger partial charge on any atom is 0.337 e. The average molecular weight is 496 g/mol. The lowest BCUT2D eigenvalue weighted by Crippen LogP contribution is -2.40. The van der Waals surface area contributed by atoms with Gasteiger partial charge in [0, 0.05) is 18.8 Å². The minimum atomic E-state index is -3.83. The largest absolute Gasteiger partial charge is 0.465 e. The molecular weight excluding hydrogens is 474 g/mol. The summed E-state index contributed by atoms with van der Waals surface area (Å²) >= 11 is 6.11. The van der Waals surface area contributed by atoms with E-state index in [0.717, 1.165) is 0 Å². The Morgan fingerprint density at radius 3 is 2.55 bits per heavy atom. The molecule has 1 amide bonds. The zero-order valence-electron chi connectivity index (χ0n) is 17.7. The van der Waals surface area contributed by atoms with Gasteiger partial charge in [0.1, 0.15) is 4.90 Å². The van der Waals surface area contributed by atoms with Gasteiger partial charge in [-0.3, -0.25) is 4.79 Å². The van der Waals surface area contributed by atoms with Crippen molar-refractivity contribution in [3.8, 4) is 0 Å². The first kappa shape index (κ1) is 24.6. The lowest BCUT2D eigenvalue weighted by molar-refractivity contribution is -0.120. The molecule has 176 valence electrons. The average Bonchev–Trinajstić information content (AvgIpc) is 2.83. The van der Waals surface area contributed by atoms with Gasteiger partial charge < -0.3 is 19.6 Å². The van der Waals surface area contributed by atoms with E-state index in [1.165, 1.54) is 35.8 Å². The molecule has 12 heteroatoms. The Morgan fingerprint density at radius 1 is 1.18 bits per heavy atom. The molecule has 0 saturated carbocycles. The number of carbonyl (C=O) groups is 2. The molecule has 0 unspecified atom stereocenters. The van der Waals surface area contributed by atoms with Crippen molar-refractivity contribution in [2.45, 2.75) is 4.90 Å². The van der Waals surface area contributed by atoms with E-state index >= 15 is 0 Å². The lowest BCUT2D eigenvalue weighted by atomic mass is 10.1. The Balaban J connectivity index is 1.56. The first-order valence-electron chi connectivity index (χ1n) is 9.82. The van der Waals surface area contributed by atoms with Crippen LogP contribution in [0.1, 0.15) is 15.9 Å². The van der Waals surface area contributed by atoms with Gasteiger partial charge in [0.25, 0.3) is 5.91 Å². The van der Waals surface area contributed by atoms with E-state index in [1.54, 1.807) is 24.3 Å². The monoisotopic (exact) mass is 495 g/mol. The molecule has 0 spiro atoms. The molecule has 0 radical (unpaired) electrons. The summed E-state index contributed by atoms with van der Waals surface area (Å²) in [4.78, 5) is 28.5. The van der Waals surface area contributed by atoms with Crippen molar-refractivity contribution in [2.75, 3.05) is 45.3 Å². The van der Waals surface area contributed by atoms with Crippen LogP contribution in [0.4, 0.5) is 5.69 Å². The fourth-order valence-electron chi connectivity index (χ4n) is 2.92. The predicted octanol–water partition coefficient (Wildman–Crippen LogP) is 2.14. The van der Waals surface area contributed by atoms with E-state index in [4.69, 9.17) is 21.2 Å². The number of oxime groups is 1. The molecule has 0 aromatic heterocycles. The highest BCUT2D eigenvalue weighted by atomic mass is 35.5. The summed E-state index contributed by atoms with van der Waals surface area (Å²) in [7, 11) is -2.53. The highest BCUT2D eigenvalue weighted by Crippen LogP contribution is 2.28. The molecule has 10 nitrogen and oxygen atoms in total. The normalized spacial score (nSPS) is 14.7. The van der Waals surface area contributed by atoms with E-state index in [2.05, 4.69) is 15.2 Å². The molecule has 1 aliphatic heterocycles. The van der Waals surface area contributed by atoms with Crippen molar-refractivity contribution < 1.29 is 32.3 Å². The van der Waals surface area contributed by atoms with Crippen molar-refractivity contribution in [1.29, 1.82) is 0 Å². The fraction of sp³-hybridized carbons (Fsp3) is 0.286. The minimum absolute atomic E-state index is 0.0542. The Kier molecular flexibility index (Phi) is 8.39. The van der Waals surface area contributed by atoms with Crippen LogP contribution in [0, 0.1) is 0 Å². The Morgan fingerprint density at radius 2 is 1.88 bits per heavy atom. The van der Waals surface area contributed by atoms with Crippen LogP contribution in [0.5, 0.6) is 0 Å². The zero-order chi connectivity index (χ0) is 23.8. The van der Waals surface area contributed by atoms with Gasteiger partial charge in [-0.25, -0.2) is 13.2 Å². The van der Waals surface area contributed by atoms with Gasteiger partial charge in [-0.2, -0.15) is 4.31 Å². The number of nitrogens with one attached hydrogen (secondary N) is 1. The lowest BCUT2D eigenvalue weighted by Gasteiger charge is -2.26. The second kappa shape index (κ2) is 11.2. The SMILES string of the molecule is COC(=O)c1ccc(/C=N/OCC(=O)Nc2ccc(Cl)c(S(=O)(=O)N3CCOCC3)c2)cc1. The maximum atomic E-state index is 12.9. The zero-order valence-corrected chi connectivity index (χ0v) is 19.3. The summed E-state index contributed by atoms with van der Waals surface area (Å²) in [5, 5.41) is 6.32. The maximum absolute atomic E-state index is 12.9. The summed E-state index contributed by atoms with van der Waals surface area (Å²) < 4.78 is 36.8. The molecule has 1 heterocycles. The van der Waals surface area contributed by atoms with Gasteiger partial charge >= 0.3 is 5.97 Å². The molecule has 3 rings (SSSR count).